The predicted molar refractivity (Wildman–Crippen MR) is 221 cm³/mol. The van der Waals surface area contributed by atoms with Crippen LogP contribution in [0.2, 0.25) is 0 Å². The maximum Gasteiger partial charge on any atom is 0.328 e. The second-order valence-electron chi connectivity index (χ2n) is 13.1. The first-order valence-corrected chi connectivity index (χ1v) is 17.4. The molecule has 6 heteroatoms. The molecular weight excluding hydrogens is 675 g/mol. The molecular formula is C49H35N5O. The highest BCUT2D eigenvalue weighted by Gasteiger charge is 2.47. The van der Waals surface area contributed by atoms with E-state index < -0.39 is 89.5 Å². The Morgan fingerprint density at radius 1 is 0.491 bits per heavy atom. The zero-order valence-electron chi connectivity index (χ0n) is 41.8. The fraction of sp³-hybridized carbons (Fsp3) is 0.0612. The number of aromatic nitrogens is 5. The van der Waals surface area contributed by atoms with Gasteiger partial charge in [0.05, 0.1) is 26.0 Å². The molecule has 2 heterocycles. The van der Waals surface area contributed by atoms with Crippen LogP contribution in [0.15, 0.2) is 181 Å². The highest BCUT2D eigenvalue weighted by Crippen LogP contribution is 2.58. The highest BCUT2D eigenvalue weighted by atomic mass is 16.1. The van der Waals surface area contributed by atoms with E-state index in [1.807, 2.05) is 72.8 Å². The van der Waals surface area contributed by atoms with Crippen molar-refractivity contribution in [1.82, 2.24) is 24.1 Å². The molecule has 0 radical (unpaired) electrons. The van der Waals surface area contributed by atoms with Gasteiger partial charge < -0.3 is 0 Å². The summed E-state index contributed by atoms with van der Waals surface area (Å²) in [6, 6.07) is 37.4. The van der Waals surface area contributed by atoms with Gasteiger partial charge in [0.25, 0.3) is 0 Å². The summed E-state index contributed by atoms with van der Waals surface area (Å²) in [6.45, 7) is -6.70. The lowest BCUT2D eigenvalue weighted by Crippen LogP contribution is -2.28. The lowest BCUT2D eigenvalue weighted by Gasteiger charge is -2.33. The standard InChI is InChI=1S/C49H35N5O/c1-53-42-30-29-35(31-43(42)54(2)48(53)55)32-25-27-34(28-26-32)46-50-45(33-15-6-3-7-16-33)51-47(52-46)39-22-14-24-41-44(39)38-21-12-13-23-40(38)49(41,36-17-8-4-9-18-36)37-19-10-5-11-20-37/h3-31H,1-2H3/i1D3,2D3,25D,26D,27D,28D,29D,30D,31D. The van der Waals surface area contributed by atoms with Crippen LogP contribution < -0.4 is 5.69 Å². The summed E-state index contributed by atoms with van der Waals surface area (Å²) in [5, 5.41) is 0. The van der Waals surface area contributed by atoms with Crippen molar-refractivity contribution in [2.24, 2.45) is 14.0 Å². The third-order valence-corrected chi connectivity index (χ3v) is 10.1. The molecule has 2 aromatic heterocycles. The first kappa shape index (κ1) is 21.5. The number of rotatable bonds is 6. The Balaban J connectivity index is 1.24. The first-order valence-electron chi connectivity index (χ1n) is 23.9. The summed E-state index contributed by atoms with van der Waals surface area (Å²) in [5.74, 6) is 0.0739. The van der Waals surface area contributed by atoms with Gasteiger partial charge in [-0.3, -0.25) is 9.13 Å². The topological polar surface area (TPSA) is 65.6 Å². The predicted octanol–water partition coefficient (Wildman–Crippen LogP) is 10.1. The van der Waals surface area contributed by atoms with Gasteiger partial charge in [0.1, 0.15) is 0 Å². The molecule has 0 saturated heterocycles. The van der Waals surface area contributed by atoms with E-state index in [2.05, 4.69) is 36.4 Å². The van der Waals surface area contributed by atoms with Gasteiger partial charge in [-0.05, 0) is 56.6 Å². The molecule has 0 bridgehead atoms. The van der Waals surface area contributed by atoms with Gasteiger partial charge in [-0.1, -0.05) is 164 Å². The van der Waals surface area contributed by atoms with Crippen molar-refractivity contribution >= 4 is 11.0 Å². The molecule has 0 spiro atoms. The highest BCUT2D eigenvalue weighted by molar-refractivity contribution is 5.94. The average molecular weight is 723 g/mol. The van der Waals surface area contributed by atoms with E-state index in [1.54, 1.807) is 24.3 Å². The Hall–Kier alpha value is -7.18. The number of imidazole rings is 1. The summed E-state index contributed by atoms with van der Waals surface area (Å²) < 4.78 is 113. The molecule has 55 heavy (non-hydrogen) atoms. The van der Waals surface area contributed by atoms with Crippen LogP contribution in [-0.2, 0) is 19.4 Å². The van der Waals surface area contributed by atoms with Gasteiger partial charge in [-0.25, -0.2) is 19.7 Å². The van der Waals surface area contributed by atoms with Crippen molar-refractivity contribution in [3.63, 3.8) is 0 Å². The monoisotopic (exact) mass is 722 g/mol. The van der Waals surface area contributed by atoms with Gasteiger partial charge in [-0.15, -0.1) is 0 Å². The van der Waals surface area contributed by atoms with Crippen molar-refractivity contribution in [2.45, 2.75) is 5.41 Å². The van der Waals surface area contributed by atoms with Gasteiger partial charge in [-0.2, -0.15) is 0 Å². The Labute approximate surface area is 337 Å². The van der Waals surface area contributed by atoms with Crippen LogP contribution in [0.4, 0.5) is 0 Å². The molecule has 0 amide bonds. The number of aryl methyl sites for hydroxylation is 2. The number of hydrogen-bond donors (Lipinski definition) is 0. The van der Waals surface area contributed by atoms with Crippen LogP contribution in [0, 0.1) is 0 Å². The lowest BCUT2D eigenvalue weighted by atomic mass is 9.67. The summed E-state index contributed by atoms with van der Waals surface area (Å²) in [6.07, 6.45) is 0. The van der Waals surface area contributed by atoms with E-state index in [-0.39, 0.29) is 32.2 Å². The summed E-state index contributed by atoms with van der Waals surface area (Å²) in [5.41, 5.74) is 1.14. The minimum atomic E-state index is -3.37. The van der Waals surface area contributed by atoms with E-state index in [4.69, 9.17) is 27.3 Å². The number of benzene rings is 7. The van der Waals surface area contributed by atoms with Gasteiger partial charge in [0.15, 0.2) is 17.5 Å². The molecule has 0 aliphatic heterocycles. The molecule has 10 rings (SSSR count). The normalized spacial score (nSPS) is 16.6. The van der Waals surface area contributed by atoms with Crippen molar-refractivity contribution < 1.29 is 17.8 Å². The minimum Gasteiger partial charge on any atom is -0.295 e. The summed E-state index contributed by atoms with van der Waals surface area (Å²) >= 11 is 0. The number of fused-ring (bicyclic) bond motifs is 4. The number of hydrogen-bond acceptors (Lipinski definition) is 4. The Kier molecular flexibility index (Phi) is 4.98. The molecule has 0 fully saturated rings. The van der Waals surface area contributed by atoms with Crippen molar-refractivity contribution in [1.29, 1.82) is 0 Å². The van der Waals surface area contributed by atoms with Crippen LogP contribution >= 0.6 is 0 Å². The second kappa shape index (κ2) is 12.7. The Bertz CT molecular complexity index is 3520. The quantitative estimate of drug-likeness (QED) is 0.171. The fourth-order valence-corrected chi connectivity index (χ4v) is 7.68. The third kappa shape index (κ3) is 5.02. The van der Waals surface area contributed by atoms with Crippen molar-refractivity contribution in [2.75, 3.05) is 0 Å². The van der Waals surface area contributed by atoms with Crippen LogP contribution in [-0.4, -0.2) is 24.1 Å². The summed E-state index contributed by atoms with van der Waals surface area (Å²) in [7, 11) is 0. The molecule has 0 saturated carbocycles. The summed E-state index contributed by atoms with van der Waals surface area (Å²) in [4.78, 5) is 28.1. The molecule has 0 unspecified atom stereocenters. The van der Waals surface area contributed by atoms with Gasteiger partial charge in [0.2, 0.25) is 0 Å². The fourth-order valence-electron chi connectivity index (χ4n) is 7.68. The smallest absolute Gasteiger partial charge is 0.295 e. The van der Waals surface area contributed by atoms with Gasteiger partial charge >= 0.3 is 5.69 Å². The molecule has 0 atom stereocenters. The largest absolute Gasteiger partial charge is 0.328 e. The average Bonchev–Trinajstić information content (AvgIpc) is 3.83. The van der Waals surface area contributed by atoms with Crippen LogP contribution in [0.25, 0.3) is 67.5 Å². The maximum atomic E-state index is 13.5. The van der Waals surface area contributed by atoms with E-state index in [1.165, 1.54) is 0 Å². The van der Waals surface area contributed by atoms with E-state index in [9.17, 15) is 10.3 Å². The molecule has 6 nitrogen and oxygen atoms in total. The molecule has 262 valence electrons. The van der Waals surface area contributed by atoms with Crippen LogP contribution in [0.5, 0.6) is 0 Å². The molecule has 9 aromatic rings. The van der Waals surface area contributed by atoms with Crippen molar-refractivity contribution in [3.05, 3.63) is 208 Å². The zero-order chi connectivity index (χ0) is 48.2. The minimum absolute atomic E-state index is 0.0573. The first-order chi connectivity index (χ1) is 32.4. The van der Waals surface area contributed by atoms with E-state index >= 15 is 0 Å². The lowest BCUT2D eigenvalue weighted by molar-refractivity contribution is 0.768. The van der Waals surface area contributed by atoms with E-state index in [0.717, 1.165) is 33.4 Å². The van der Waals surface area contributed by atoms with Gasteiger partial charge in [0, 0.05) is 38.9 Å². The zero-order valence-corrected chi connectivity index (χ0v) is 28.8. The van der Waals surface area contributed by atoms with Crippen LogP contribution in [0.3, 0.4) is 0 Å². The van der Waals surface area contributed by atoms with E-state index in [0.29, 0.717) is 11.1 Å². The maximum absolute atomic E-state index is 13.5. The molecule has 0 N–H and O–H groups in total. The SMILES string of the molecule is [2H]c1c([2H])c(-c2c([2H])c([2H])c3c(c2[2H])n(C([2H])([2H])[2H])c(=O)n3C([2H])([2H])[2H])c([2H])c([2H])c1-c1nc(-c2ccccc2)nc(-c2cccc3c2-c2ccccc2C3(c2ccccc2)c2ccccc2)n1. The van der Waals surface area contributed by atoms with Crippen molar-refractivity contribution in [3.8, 4) is 56.4 Å². The second-order valence-corrected chi connectivity index (χ2v) is 13.1. The molecule has 7 aromatic carbocycles. The Morgan fingerprint density at radius 2 is 1.02 bits per heavy atom. The Morgan fingerprint density at radius 3 is 1.71 bits per heavy atom. The molecule has 1 aliphatic carbocycles. The third-order valence-electron chi connectivity index (χ3n) is 10.1. The van der Waals surface area contributed by atoms with Crippen LogP contribution in [0.1, 0.15) is 40.1 Å². The molecule has 1 aliphatic rings. The number of nitrogens with zero attached hydrogens (tertiary/aromatic N) is 5.